The number of aromatic nitrogens is 2. The first kappa shape index (κ1) is 12.4. The summed E-state index contributed by atoms with van der Waals surface area (Å²) in [6.07, 6.45) is 6.43. The molecule has 1 aliphatic heterocycles. The first-order valence-electron chi connectivity index (χ1n) is 6.49. The topological polar surface area (TPSA) is 74.7 Å². The highest BCUT2D eigenvalue weighted by Gasteiger charge is 2.43. The van der Waals surface area contributed by atoms with Crippen molar-refractivity contribution in [3.63, 3.8) is 0 Å². The molecule has 2 N–H and O–H groups in total. The zero-order valence-electron chi connectivity index (χ0n) is 10.8. The number of hydrogen-bond acceptors (Lipinski definition) is 5. The lowest BCUT2D eigenvalue weighted by molar-refractivity contribution is -0.151. The van der Waals surface area contributed by atoms with Crippen LogP contribution in [0.1, 0.15) is 19.3 Å². The Bertz CT molecular complexity index is 502. The minimum Gasteiger partial charge on any atom is -0.384 e. The molecular weight excluding hydrogens is 244 g/mol. The molecule has 0 radical (unpaired) electrons. The minimum absolute atomic E-state index is 0.353. The van der Waals surface area contributed by atoms with Crippen LogP contribution >= 0.6 is 0 Å². The number of ether oxygens (including phenoxy) is 2. The van der Waals surface area contributed by atoms with Crippen molar-refractivity contribution in [1.29, 1.82) is 0 Å². The van der Waals surface area contributed by atoms with E-state index in [1.807, 2.05) is 12.3 Å². The fourth-order valence-corrected chi connectivity index (χ4v) is 2.69. The second-order valence-electron chi connectivity index (χ2n) is 4.98. The molecule has 19 heavy (non-hydrogen) atoms. The van der Waals surface area contributed by atoms with Gasteiger partial charge in [-0.15, -0.1) is 0 Å². The highest BCUT2D eigenvalue weighted by molar-refractivity contribution is 5.66. The molecule has 1 unspecified atom stereocenters. The van der Waals surface area contributed by atoms with E-state index in [9.17, 15) is 0 Å². The molecule has 2 aliphatic rings. The number of hydrogen-bond donors (Lipinski definition) is 1. The van der Waals surface area contributed by atoms with E-state index in [0.29, 0.717) is 30.8 Å². The van der Waals surface area contributed by atoms with Crippen LogP contribution in [0, 0.1) is 5.92 Å². The second-order valence-corrected chi connectivity index (χ2v) is 4.98. The van der Waals surface area contributed by atoms with Crippen LogP contribution in [-0.2, 0) is 9.47 Å². The Morgan fingerprint density at radius 1 is 1.58 bits per heavy atom. The molecule has 2 fully saturated rings. The van der Waals surface area contributed by atoms with Gasteiger partial charge in [0.25, 0.3) is 0 Å². The summed E-state index contributed by atoms with van der Waals surface area (Å²) < 4.78 is 12.9. The standard InChI is InChI=1S/C13H18N4O2/c1-10(14)17-12(3-5-16-17)15-9-11-2-4-13(8-11)18-6-7-19-13/h3,5,9,11H,1-2,4,6-8,14H2/b15-9+. The molecule has 0 aromatic carbocycles. The van der Waals surface area contributed by atoms with Crippen molar-refractivity contribution in [3.8, 4) is 0 Å². The van der Waals surface area contributed by atoms with E-state index in [-0.39, 0.29) is 5.79 Å². The van der Waals surface area contributed by atoms with E-state index in [2.05, 4.69) is 16.7 Å². The fourth-order valence-electron chi connectivity index (χ4n) is 2.69. The van der Waals surface area contributed by atoms with Gasteiger partial charge in [-0.3, -0.25) is 0 Å². The first-order valence-corrected chi connectivity index (χ1v) is 6.49. The van der Waals surface area contributed by atoms with Crippen molar-refractivity contribution in [2.75, 3.05) is 13.2 Å². The molecule has 0 bridgehead atoms. The molecule has 1 aromatic rings. The monoisotopic (exact) mass is 262 g/mol. The van der Waals surface area contributed by atoms with Crippen LogP contribution in [0.4, 0.5) is 5.82 Å². The average Bonchev–Trinajstić information content (AvgIpc) is 3.10. The van der Waals surface area contributed by atoms with Crippen molar-refractivity contribution in [2.24, 2.45) is 16.6 Å². The number of nitrogens with zero attached hydrogens (tertiary/aromatic N) is 3. The first-order chi connectivity index (χ1) is 9.19. The Labute approximate surface area is 111 Å². The van der Waals surface area contributed by atoms with Crippen molar-refractivity contribution in [3.05, 3.63) is 18.8 Å². The van der Waals surface area contributed by atoms with Crippen LogP contribution in [0.15, 0.2) is 23.8 Å². The molecule has 1 saturated heterocycles. The van der Waals surface area contributed by atoms with Gasteiger partial charge in [0, 0.05) is 25.1 Å². The summed E-state index contributed by atoms with van der Waals surface area (Å²) in [5.74, 6) is 1.07. The molecule has 0 amide bonds. The van der Waals surface area contributed by atoms with E-state index in [1.165, 1.54) is 4.68 Å². The second kappa shape index (κ2) is 4.79. The molecule has 1 aromatic heterocycles. The molecule has 1 atom stereocenters. The summed E-state index contributed by atoms with van der Waals surface area (Å²) in [7, 11) is 0. The van der Waals surface area contributed by atoms with Crippen LogP contribution in [0.5, 0.6) is 0 Å². The van der Waals surface area contributed by atoms with Gasteiger partial charge in [0.2, 0.25) is 0 Å². The van der Waals surface area contributed by atoms with Gasteiger partial charge >= 0.3 is 0 Å². The predicted molar refractivity (Wildman–Crippen MR) is 71.9 cm³/mol. The third-order valence-electron chi connectivity index (χ3n) is 3.60. The maximum absolute atomic E-state index is 5.70. The van der Waals surface area contributed by atoms with Crippen LogP contribution in [-0.4, -0.2) is 35.0 Å². The number of aliphatic imine (C=N–C) groups is 1. The Balaban J connectivity index is 1.67. The molecule has 1 saturated carbocycles. The van der Waals surface area contributed by atoms with Crippen molar-refractivity contribution in [2.45, 2.75) is 25.0 Å². The Morgan fingerprint density at radius 2 is 2.37 bits per heavy atom. The quantitative estimate of drug-likeness (QED) is 0.838. The van der Waals surface area contributed by atoms with Gasteiger partial charge in [0.15, 0.2) is 11.6 Å². The normalized spacial score (nSPS) is 25.6. The maximum atomic E-state index is 5.70. The van der Waals surface area contributed by atoms with Gasteiger partial charge in [-0.25, -0.2) is 9.67 Å². The molecule has 102 valence electrons. The lowest BCUT2D eigenvalue weighted by Gasteiger charge is -2.20. The highest BCUT2D eigenvalue weighted by Crippen LogP contribution is 2.40. The lowest BCUT2D eigenvalue weighted by atomic mass is 10.1. The molecule has 3 rings (SSSR count). The zero-order valence-corrected chi connectivity index (χ0v) is 10.8. The van der Waals surface area contributed by atoms with E-state index in [1.54, 1.807) is 6.20 Å². The van der Waals surface area contributed by atoms with Crippen LogP contribution in [0.3, 0.4) is 0 Å². The molecular formula is C13H18N4O2. The Hall–Kier alpha value is -1.66. The molecule has 6 heteroatoms. The fraction of sp³-hybridized carbons (Fsp3) is 0.538. The molecule has 1 spiro atoms. The Kier molecular flexibility index (Phi) is 3.12. The van der Waals surface area contributed by atoms with E-state index < -0.39 is 0 Å². The summed E-state index contributed by atoms with van der Waals surface area (Å²) in [5, 5.41) is 4.06. The number of rotatable bonds is 3. The largest absolute Gasteiger partial charge is 0.384 e. The minimum atomic E-state index is -0.353. The summed E-state index contributed by atoms with van der Waals surface area (Å²) in [6.45, 7) is 5.06. The SMILES string of the molecule is C=C(N)n1nccc1/N=C/C1CCC2(C1)OCCO2. The third kappa shape index (κ3) is 2.41. The summed E-state index contributed by atoms with van der Waals surface area (Å²) in [4.78, 5) is 4.45. The predicted octanol–water partition coefficient (Wildman–Crippen LogP) is 1.52. The van der Waals surface area contributed by atoms with Gasteiger partial charge in [0.05, 0.1) is 19.4 Å². The third-order valence-corrected chi connectivity index (χ3v) is 3.60. The summed E-state index contributed by atoms with van der Waals surface area (Å²) in [5.41, 5.74) is 5.63. The highest BCUT2D eigenvalue weighted by atomic mass is 16.7. The van der Waals surface area contributed by atoms with E-state index in [4.69, 9.17) is 15.2 Å². The van der Waals surface area contributed by atoms with Gasteiger partial charge in [-0.05, 0) is 12.3 Å². The molecule has 2 heterocycles. The van der Waals surface area contributed by atoms with Crippen molar-refractivity contribution < 1.29 is 9.47 Å². The van der Waals surface area contributed by atoms with Crippen molar-refractivity contribution >= 4 is 17.9 Å². The summed E-state index contributed by atoms with van der Waals surface area (Å²) in [6, 6.07) is 1.81. The van der Waals surface area contributed by atoms with E-state index in [0.717, 1.165) is 19.3 Å². The van der Waals surface area contributed by atoms with Gasteiger partial charge in [-0.1, -0.05) is 6.58 Å². The number of nitrogens with two attached hydrogens (primary N) is 1. The van der Waals surface area contributed by atoms with Gasteiger partial charge in [0.1, 0.15) is 5.82 Å². The smallest absolute Gasteiger partial charge is 0.169 e. The maximum Gasteiger partial charge on any atom is 0.169 e. The van der Waals surface area contributed by atoms with Crippen LogP contribution < -0.4 is 5.73 Å². The molecule has 6 nitrogen and oxygen atoms in total. The van der Waals surface area contributed by atoms with Gasteiger partial charge < -0.3 is 15.2 Å². The lowest BCUT2D eigenvalue weighted by Crippen LogP contribution is -2.26. The Morgan fingerprint density at radius 3 is 3.11 bits per heavy atom. The van der Waals surface area contributed by atoms with Crippen LogP contribution in [0.25, 0.3) is 5.82 Å². The zero-order chi connectivity index (χ0) is 13.3. The van der Waals surface area contributed by atoms with Crippen LogP contribution in [0.2, 0.25) is 0 Å². The van der Waals surface area contributed by atoms with Gasteiger partial charge in [-0.2, -0.15) is 5.10 Å². The average molecular weight is 262 g/mol. The summed E-state index contributed by atoms with van der Waals surface area (Å²) >= 11 is 0. The van der Waals surface area contributed by atoms with E-state index >= 15 is 0 Å². The van der Waals surface area contributed by atoms with Crippen molar-refractivity contribution in [1.82, 2.24) is 9.78 Å². The molecule has 1 aliphatic carbocycles.